The first kappa shape index (κ1) is 12.5. The van der Waals surface area contributed by atoms with Gasteiger partial charge in [-0.05, 0) is 6.42 Å². The molecule has 0 saturated carbocycles. The summed E-state index contributed by atoms with van der Waals surface area (Å²) in [6.07, 6.45) is 7.38. The second kappa shape index (κ2) is 6.83. The molecule has 15 heavy (non-hydrogen) atoms. The second-order valence-electron chi connectivity index (χ2n) is 4.27. The van der Waals surface area contributed by atoms with Gasteiger partial charge in [0.1, 0.15) is 6.10 Å². The van der Waals surface area contributed by atoms with Crippen LogP contribution >= 0.6 is 0 Å². The number of hydrogen-bond donors (Lipinski definition) is 0. The number of hydrogen-bond acceptors (Lipinski definition) is 3. The van der Waals surface area contributed by atoms with Crippen molar-refractivity contribution in [1.29, 1.82) is 0 Å². The fourth-order valence-electron chi connectivity index (χ4n) is 1.99. The Kier molecular flexibility index (Phi) is 5.69. The summed E-state index contributed by atoms with van der Waals surface area (Å²) in [5.74, 6) is -0.199. The topological polar surface area (TPSA) is 35.5 Å². The van der Waals surface area contributed by atoms with Crippen LogP contribution in [0.2, 0.25) is 0 Å². The lowest BCUT2D eigenvalue weighted by atomic mass is 10.1. The third kappa shape index (κ3) is 5.17. The smallest absolute Gasteiger partial charge is 0.302 e. The van der Waals surface area contributed by atoms with Crippen LogP contribution in [-0.4, -0.2) is 24.8 Å². The van der Waals surface area contributed by atoms with Crippen molar-refractivity contribution < 1.29 is 14.3 Å². The molecule has 0 amide bonds. The van der Waals surface area contributed by atoms with E-state index in [9.17, 15) is 4.79 Å². The monoisotopic (exact) mass is 214 g/mol. The van der Waals surface area contributed by atoms with Gasteiger partial charge < -0.3 is 9.47 Å². The van der Waals surface area contributed by atoms with Crippen molar-refractivity contribution in [2.75, 3.05) is 6.61 Å². The van der Waals surface area contributed by atoms with Gasteiger partial charge in [-0.1, -0.05) is 32.6 Å². The molecule has 1 heterocycles. The maximum absolute atomic E-state index is 10.7. The minimum Gasteiger partial charge on any atom is -0.460 e. The molecule has 3 heteroatoms. The Balaban J connectivity index is 2.05. The molecule has 0 N–H and O–H groups in total. The predicted octanol–water partition coefficient (Wildman–Crippen LogP) is 2.68. The molecule has 0 aromatic carbocycles. The Morgan fingerprint density at radius 1 is 1.40 bits per heavy atom. The van der Waals surface area contributed by atoms with Crippen LogP contribution in [-0.2, 0) is 14.3 Å². The summed E-state index contributed by atoms with van der Waals surface area (Å²) in [5, 5.41) is 0. The predicted molar refractivity (Wildman–Crippen MR) is 58.7 cm³/mol. The summed E-state index contributed by atoms with van der Waals surface area (Å²) in [4.78, 5) is 10.7. The van der Waals surface area contributed by atoms with Crippen molar-refractivity contribution in [3.05, 3.63) is 0 Å². The molecular formula is C12H22O3. The van der Waals surface area contributed by atoms with Crippen molar-refractivity contribution in [2.45, 2.75) is 64.6 Å². The van der Waals surface area contributed by atoms with Gasteiger partial charge in [-0.2, -0.15) is 0 Å². The van der Waals surface area contributed by atoms with Crippen LogP contribution in [0.1, 0.15) is 52.4 Å². The maximum atomic E-state index is 10.7. The minimum absolute atomic E-state index is 0.00123. The lowest BCUT2D eigenvalue weighted by Crippen LogP contribution is -2.16. The first-order valence-electron chi connectivity index (χ1n) is 6.01. The summed E-state index contributed by atoms with van der Waals surface area (Å²) in [5.41, 5.74) is 0. The number of rotatable bonds is 6. The Labute approximate surface area is 92.1 Å². The number of ether oxygens (including phenoxy) is 2. The Morgan fingerprint density at radius 2 is 2.20 bits per heavy atom. The summed E-state index contributed by atoms with van der Waals surface area (Å²) >= 11 is 0. The van der Waals surface area contributed by atoms with Crippen molar-refractivity contribution >= 4 is 5.97 Å². The Morgan fingerprint density at radius 3 is 2.87 bits per heavy atom. The van der Waals surface area contributed by atoms with Crippen LogP contribution in [0.25, 0.3) is 0 Å². The van der Waals surface area contributed by atoms with Gasteiger partial charge in [0, 0.05) is 13.3 Å². The van der Waals surface area contributed by atoms with Gasteiger partial charge in [0.15, 0.2) is 0 Å². The summed E-state index contributed by atoms with van der Waals surface area (Å²) in [6, 6.07) is 0. The zero-order valence-corrected chi connectivity index (χ0v) is 9.83. The van der Waals surface area contributed by atoms with Crippen molar-refractivity contribution in [1.82, 2.24) is 0 Å². The average Bonchev–Trinajstić information content (AvgIpc) is 2.59. The first-order valence-corrected chi connectivity index (χ1v) is 6.01. The molecule has 2 atom stereocenters. The Bertz CT molecular complexity index is 191. The molecule has 1 aliphatic heterocycles. The van der Waals surface area contributed by atoms with E-state index in [4.69, 9.17) is 9.47 Å². The fourth-order valence-corrected chi connectivity index (χ4v) is 1.99. The summed E-state index contributed by atoms with van der Waals surface area (Å²) in [7, 11) is 0. The highest BCUT2D eigenvalue weighted by Gasteiger charge is 2.26. The van der Waals surface area contributed by atoms with E-state index in [2.05, 4.69) is 6.92 Å². The van der Waals surface area contributed by atoms with Gasteiger partial charge in [-0.25, -0.2) is 0 Å². The van der Waals surface area contributed by atoms with Crippen LogP contribution in [0, 0.1) is 0 Å². The van der Waals surface area contributed by atoms with E-state index >= 15 is 0 Å². The minimum atomic E-state index is -0.199. The van der Waals surface area contributed by atoms with Gasteiger partial charge in [0.25, 0.3) is 0 Å². The molecular weight excluding hydrogens is 192 g/mol. The third-order valence-corrected chi connectivity index (χ3v) is 2.76. The maximum Gasteiger partial charge on any atom is 0.302 e. The fraction of sp³-hybridized carbons (Fsp3) is 0.917. The molecule has 0 aromatic heterocycles. The molecule has 1 aliphatic rings. The van der Waals surface area contributed by atoms with E-state index < -0.39 is 0 Å². The zero-order chi connectivity index (χ0) is 11.1. The van der Waals surface area contributed by atoms with E-state index in [0.29, 0.717) is 12.7 Å². The number of esters is 1. The van der Waals surface area contributed by atoms with Crippen LogP contribution < -0.4 is 0 Å². The van der Waals surface area contributed by atoms with Crippen LogP contribution in [0.15, 0.2) is 0 Å². The normalized spacial score (nSPS) is 25.5. The standard InChI is InChI=1S/C12H22O3/c1-3-4-5-6-7-11-8-12(9-14-11)15-10(2)13/h11-12H,3-9H2,1-2H3/t11-,12-/m0/s1. The van der Waals surface area contributed by atoms with Gasteiger partial charge in [0.05, 0.1) is 12.7 Å². The zero-order valence-electron chi connectivity index (χ0n) is 9.83. The quantitative estimate of drug-likeness (QED) is 0.503. The van der Waals surface area contributed by atoms with Gasteiger partial charge in [-0.3, -0.25) is 4.79 Å². The molecule has 0 radical (unpaired) electrons. The van der Waals surface area contributed by atoms with Gasteiger partial charge >= 0.3 is 5.97 Å². The van der Waals surface area contributed by atoms with Crippen molar-refractivity contribution in [3.8, 4) is 0 Å². The molecule has 0 aliphatic carbocycles. The Hall–Kier alpha value is -0.570. The summed E-state index contributed by atoms with van der Waals surface area (Å²) < 4.78 is 10.7. The van der Waals surface area contributed by atoms with E-state index in [0.717, 1.165) is 12.8 Å². The SMILES string of the molecule is CCCCCC[C@H]1C[C@H](OC(C)=O)CO1. The number of carbonyl (C=O) groups excluding carboxylic acids is 1. The van der Waals surface area contributed by atoms with Crippen LogP contribution in [0.4, 0.5) is 0 Å². The first-order chi connectivity index (χ1) is 7.22. The van der Waals surface area contributed by atoms with Crippen molar-refractivity contribution in [3.63, 3.8) is 0 Å². The molecule has 88 valence electrons. The number of unbranched alkanes of at least 4 members (excludes halogenated alkanes) is 3. The molecule has 0 unspecified atom stereocenters. The van der Waals surface area contributed by atoms with Crippen LogP contribution in [0.3, 0.4) is 0 Å². The molecule has 0 aromatic rings. The molecule has 3 nitrogen and oxygen atoms in total. The highest BCUT2D eigenvalue weighted by Crippen LogP contribution is 2.21. The summed E-state index contributed by atoms with van der Waals surface area (Å²) in [6.45, 7) is 4.25. The molecule has 1 rings (SSSR count). The van der Waals surface area contributed by atoms with E-state index in [1.54, 1.807) is 0 Å². The third-order valence-electron chi connectivity index (χ3n) is 2.76. The van der Waals surface area contributed by atoms with E-state index in [1.807, 2.05) is 0 Å². The van der Waals surface area contributed by atoms with E-state index in [1.165, 1.54) is 32.6 Å². The lowest BCUT2D eigenvalue weighted by Gasteiger charge is -2.09. The average molecular weight is 214 g/mol. The lowest BCUT2D eigenvalue weighted by molar-refractivity contribution is -0.146. The molecule has 1 fully saturated rings. The highest BCUT2D eigenvalue weighted by molar-refractivity contribution is 5.66. The van der Waals surface area contributed by atoms with Crippen LogP contribution in [0.5, 0.6) is 0 Å². The van der Waals surface area contributed by atoms with Gasteiger partial charge in [-0.15, -0.1) is 0 Å². The van der Waals surface area contributed by atoms with Gasteiger partial charge in [0.2, 0.25) is 0 Å². The largest absolute Gasteiger partial charge is 0.460 e. The molecule has 0 bridgehead atoms. The molecule has 1 saturated heterocycles. The molecule has 0 spiro atoms. The van der Waals surface area contributed by atoms with E-state index in [-0.39, 0.29) is 12.1 Å². The van der Waals surface area contributed by atoms with Crippen molar-refractivity contribution in [2.24, 2.45) is 0 Å². The second-order valence-corrected chi connectivity index (χ2v) is 4.27. The number of carbonyl (C=O) groups is 1. The highest BCUT2D eigenvalue weighted by atomic mass is 16.6.